The first-order valence-electron chi connectivity index (χ1n) is 23.3. The molecule has 2 nitrogen and oxygen atoms in total. The number of anilines is 3. The Morgan fingerprint density at radius 2 is 0.791 bits per heavy atom. The van der Waals surface area contributed by atoms with Gasteiger partial charge in [0.25, 0.3) is 0 Å². The number of aromatic nitrogens is 1. The second kappa shape index (κ2) is 14.7. The van der Waals surface area contributed by atoms with Crippen molar-refractivity contribution in [3.05, 3.63) is 277 Å². The van der Waals surface area contributed by atoms with E-state index in [0.717, 1.165) is 22.7 Å². The molecule has 1 spiro atoms. The van der Waals surface area contributed by atoms with Crippen LogP contribution in [0.1, 0.15) is 22.3 Å². The molecule has 0 unspecified atom stereocenters. The van der Waals surface area contributed by atoms with Crippen LogP contribution in [0.3, 0.4) is 0 Å². The summed E-state index contributed by atoms with van der Waals surface area (Å²) < 4.78 is 2.43. The van der Waals surface area contributed by atoms with Crippen LogP contribution in [0.5, 0.6) is 0 Å². The summed E-state index contributed by atoms with van der Waals surface area (Å²) in [6.07, 6.45) is 0. The van der Waals surface area contributed by atoms with E-state index in [-0.39, 0.29) is 5.41 Å². The van der Waals surface area contributed by atoms with E-state index in [1.807, 2.05) is 0 Å². The lowest BCUT2D eigenvalue weighted by molar-refractivity contribution is 0.794. The van der Waals surface area contributed by atoms with E-state index in [9.17, 15) is 0 Å². The average Bonchev–Trinajstić information content (AvgIpc) is 4.00. The lowest BCUT2D eigenvalue weighted by atomic mass is 9.70. The summed E-state index contributed by atoms with van der Waals surface area (Å²) in [5.74, 6) is 0. The molecule has 11 aromatic carbocycles. The lowest BCUT2D eigenvalue weighted by Gasteiger charge is -2.30. The predicted molar refractivity (Wildman–Crippen MR) is 280 cm³/mol. The second-order valence-corrected chi connectivity index (χ2v) is 18.0. The van der Waals surface area contributed by atoms with Gasteiger partial charge < -0.3 is 9.47 Å². The van der Waals surface area contributed by atoms with E-state index in [1.165, 1.54) is 99.3 Å². The summed E-state index contributed by atoms with van der Waals surface area (Å²) in [6, 6.07) is 94.2. The van der Waals surface area contributed by atoms with Crippen molar-refractivity contribution in [1.29, 1.82) is 0 Å². The number of hydrogen-bond donors (Lipinski definition) is 0. The zero-order valence-corrected chi connectivity index (χ0v) is 36.6. The van der Waals surface area contributed by atoms with Crippen molar-refractivity contribution in [2.45, 2.75) is 5.41 Å². The number of para-hydroxylation sites is 2. The molecule has 0 amide bonds. The van der Waals surface area contributed by atoms with E-state index in [4.69, 9.17) is 0 Å². The SMILES string of the molecule is c1ccc(N(c2ccc(-c3ccccc3-c3cccc4c3-c3ccccc3C43c4ccccc4-c4ccccc43)cc2)c2ccc3c4cc5ccccc5cc4n(-c4ccccc4)c3c2)cc1. The molecule has 0 fully saturated rings. The van der Waals surface area contributed by atoms with Crippen LogP contribution >= 0.6 is 0 Å². The van der Waals surface area contributed by atoms with Crippen LogP contribution in [0.25, 0.3) is 82.8 Å². The minimum atomic E-state index is -0.390. The number of nitrogens with zero attached hydrogens (tertiary/aromatic N) is 2. The fourth-order valence-corrected chi connectivity index (χ4v) is 11.8. The Morgan fingerprint density at radius 3 is 1.49 bits per heavy atom. The van der Waals surface area contributed by atoms with Crippen molar-refractivity contribution in [3.63, 3.8) is 0 Å². The van der Waals surface area contributed by atoms with Crippen molar-refractivity contribution in [2.24, 2.45) is 0 Å². The quantitative estimate of drug-likeness (QED) is 0.162. The van der Waals surface area contributed by atoms with Gasteiger partial charge in [-0.15, -0.1) is 0 Å². The lowest BCUT2D eigenvalue weighted by Crippen LogP contribution is -2.25. The third-order valence-corrected chi connectivity index (χ3v) is 14.6. The molecular formula is C65H42N2. The first-order valence-corrected chi connectivity index (χ1v) is 23.3. The standard InChI is InChI=1S/C65H42N2/c1-3-20-46(21-4-1)66(49-38-39-54-57-40-44-18-7-8-19-45(44)41-62(57)67(63(54)42-49)47-22-5-2-6-23-47)48-36-34-43(35-37-48)50-24-9-10-25-51(50)55-29-17-33-61-64(55)56-28-13-16-32-60(56)65(61)58-30-14-11-26-52(58)53-27-12-15-31-59(53)65/h1-42H. The maximum absolute atomic E-state index is 2.43. The van der Waals surface area contributed by atoms with Gasteiger partial charge in [-0.25, -0.2) is 0 Å². The van der Waals surface area contributed by atoms with Crippen molar-refractivity contribution in [2.75, 3.05) is 4.90 Å². The molecule has 1 heterocycles. The Labute approximate surface area is 389 Å². The topological polar surface area (TPSA) is 8.17 Å². The first kappa shape index (κ1) is 37.6. The molecule has 0 atom stereocenters. The molecule has 0 saturated heterocycles. The van der Waals surface area contributed by atoms with Gasteiger partial charge in [0.1, 0.15) is 0 Å². The normalized spacial score (nSPS) is 12.9. The fourth-order valence-electron chi connectivity index (χ4n) is 11.8. The minimum Gasteiger partial charge on any atom is -0.310 e. The maximum Gasteiger partial charge on any atom is 0.0725 e. The molecule has 67 heavy (non-hydrogen) atoms. The summed E-state index contributed by atoms with van der Waals surface area (Å²) in [5.41, 5.74) is 22.0. The molecule has 2 heteroatoms. The highest BCUT2D eigenvalue weighted by molar-refractivity contribution is 6.14. The molecule has 0 bridgehead atoms. The highest BCUT2D eigenvalue weighted by atomic mass is 15.1. The smallest absolute Gasteiger partial charge is 0.0725 e. The van der Waals surface area contributed by atoms with Gasteiger partial charge in [-0.3, -0.25) is 0 Å². The van der Waals surface area contributed by atoms with Gasteiger partial charge in [0.05, 0.1) is 16.4 Å². The van der Waals surface area contributed by atoms with Gasteiger partial charge in [-0.1, -0.05) is 194 Å². The van der Waals surface area contributed by atoms with E-state index >= 15 is 0 Å². The van der Waals surface area contributed by atoms with Gasteiger partial charge in [-0.2, -0.15) is 0 Å². The highest BCUT2D eigenvalue weighted by Crippen LogP contribution is 2.64. The van der Waals surface area contributed by atoms with E-state index in [2.05, 4.69) is 264 Å². The summed E-state index contributed by atoms with van der Waals surface area (Å²) in [5, 5.41) is 4.96. The Bertz CT molecular complexity index is 3870. The third-order valence-electron chi connectivity index (χ3n) is 14.6. The third kappa shape index (κ3) is 5.45. The van der Waals surface area contributed by atoms with Gasteiger partial charge in [0, 0.05) is 33.5 Å². The molecule has 0 N–H and O–H groups in total. The molecule has 2 aliphatic carbocycles. The monoisotopic (exact) mass is 850 g/mol. The van der Waals surface area contributed by atoms with Crippen LogP contribution in [0.15, 0.2) is 255 Å². The van der Waals surface area contributed by atoms with Crippen LogP contribution in [-0.2, 0) is 5.41 Å². The molecule has 0 aliphatic heterocycles. The average molecular weight is 851 g/mol. The van der Waals surface area contributed by atoms with Crippen molar-refractivity contribution in [1.82, 2.24) is 4.57 Å². The van der Waals surface area contributed by atoms with Gasteiger partial charge >= 0.3 is 0 Å². The van der Waals surface area contributed by atoms with E-state index in [1.54, 1.807) is 0 Å². The minimum absolute atomic E-state index is 0.390. The summed E-state index contributed by atoms with van der Waals surface area (Å²) in [4.78, 5) is 2.39. The second-order valence-electron chi connectivity index (χ2n) is 18.0. The molecule has 312 valence electrons. The van der Waals surface area contributed by atoms with E-state index < -0.39 is 0 Å². The Hall–Kier alpha value is -8.72. The maximum atomic E-state index is 2.43. The van der Waals surface area contributed by atoms with Gasteiger partial charge in [-0.05, 0) is 138 Å². The number of hydrogen-bond acceptors (Lipinski definition) is 1. The van der Waals surface area contributed by atoms with Crippen molar-refractivity contribution >= 4 is 49.6 Å². The molecule has 14 rings (SSSR count). The van der Waals surface area contributed by atoms with Crippen LogP contribution in [0.4, 0.5) is 17.1 Å². The highest BCUT2D eigenvalue weighted by Gasteiger charge is 2.52. The van der Waals surface area contributed by atoms with Crippen molar-refractivity contribution < 1.29 is 0 Å². The first-order chi connectivity index (χ1) is 33.3. The van der Waals surface area contributed by atoms with Gasteiger partial charge in [0.2, 0.25) is 0 Å². The zero-order valence-electron chi connectivity index (χ0n) is 36.6. The van der Waals surface area contributed by atoms with Crippen LogP contribution in [0, 0.1) is 0 Å². The summed E-state index contributed by atoms with van der Waals surface area (Å²) in [6.45, 7) is 0. The largest absolute Gasteiger partial charge is 0.310 e. The van der Waals surface area contributed by atoms with E-state index in [0.29, 0.717) is 0 Å². The molecule has 1 aromatic heterocycles. The van der Waals surface area contributed by atoms with Crippen LogP contribution < -0.4 is 4.90 Å². The molecular weight excluding hydrogens is 809 g/mol. The van der Waals surface area contributed by atoms with Crippen molar-refractivity contribution in [3.8, 4) is 50.2 Å². The molecule has 12 aromatic rings. The van der Waals surface area contributed by atoms with Crippen LogP contribution in [0.2, 0.25) is 0 Å². The number of fused-ring (bicyclic) bond motifs is 14. The predicted octanol–water partition coefficient (Wildman–Crippen LogP) is 17.1. The van der Waals surface area contributed by atoms with Crippen LogP contribution in [-0.4, -0.2) is 4.57 Å². The Morgan fingerprint density at radius 1 is 0.299 bits per heavy atom. The molecule has 0 saturated carbocycles. The zero-order chi connectivity index (χ0) is 44.1. The number of rotatable bonds is 6. The Kier molecular flexibility index (Phi) is 8.23. The number of benzene rings is 11. The summed E-state index contributed by atoms with van der Waals surface area (Å²) in [7, 11) is 0. The van der Waals surface area contributed by atoms with Gasteiger partial charge in [0.15, 0.2) is 0 Å². The fraction of sp³-hybridized carbons (Fsp3) is 0.0154. The molecule has 2 aliphatic rings. The molecule has 0 radical (unpaired) electrons. The summed E-state index contributed by atoms with van der Waals surface area (Å²) >= 11 is 0. The Balaban J connectivity index is 0.914.